The van der Waals surface area contributed by atoms with Crippen molar-refractivity contribution in [1.82, 2.24) is 4.98 Å². The monoisotopic (exact) mass is 160 g/mol. The predicted octanol–water partition coefficient (Wildman–Crippen LogP) is 1.11. The summed E-state index contributed by atoms with van der Waals surface area (Å²) in [6, 6.07) is 5.37. The quantitative estimate of drug-likeness (QED) is 0.665. The molecule has 0 spiro atoms. The van der Waals surface area contributed by atoms with Crippen molar-refractivity contribution < 1.29 is 4.79 Å². The second kappa shape index (κ2) is 4.24. The summed E-state index contributed by atoms with van der Waals surface area (Å²) < 4.78 is 0. The van der Waals surface area contributed by atoms with Crippen LogP contribution in [-0.2, 0) is 11.2 Å². The summed E-state index contributed by atoms with van der Waals surface area (Å²) in [4.78, 5) is 14.8. The molecule has 3 heteroatoms. The van der Waals surface area contributed by atoms with Crippen LogP contribution in [0.2, 0.25) is 0 Å². The van der Waals surface area contributed by atoms with Crippen molar-refractivity contribution in [2.75, 3.05) is 0 Å². The van der Waals surface area contributed by atoms with Gasteiger partial charge < -0.3 is 0 Å². The highest BCUT2D eigenvalue weighted by Crippen LogP contribution is 1.99. The first kappa shape index (κ1) is 8.41. The van der Waals surface area contributed by atoms with Crippen LogP contribution in [0.25, 0.3) is 0 Å². The van der Waals surface area contributed by atoms with Crippen molar-refractivity contribution in [3.63, 3.8) is 0 Å². The lowest BCUT2D eigenvalue weighted by atomic mass is 10.1. The Kier molecular flexibility index (Phi) is 2.97. The highest BCUT2D eigenvalue weighted by Gasteiger charge is 2.01. The molecule has 1 aromatic rings. The minimum atomic E-state index is -0.0521. The van der Waals surface area contributed by atoms with Gasteiger partial charge in [0.1, 0.15) is 0 Å². The third-order valence-corrected chi connectivity index (χ3v) is 1.43. The van der Waals surface area contributed by atoms with E-state index in [4.69, 9.17) is 5.26 Å². The van der Waals surface area contributed by atoms with Gasteiger partial charge in [0.25, 0.3) is 0 Å². The van der Waals surface area contributed by atoms with E-state index in [9.17, 15) is 4.79 Å². The van der Waals surface area contributed by atoms with E-state index in [2.05, 4.69) is 4.98 Å². The third kappa shape index (κ3) is 2.51. The standard InChI is InChI=1S/C9H8N2O/c10-4-1-9(12)7-8-2-5-11-6-3-8/h2-3,5-6H,1,7H2. The van der Waals surface area contributed by atoms with Gasteiger partial charge in [0, 0.05) is 18.8 Å². The maximum atomic E-state index is 11.0. The average molecular weight is 160 g/mol. The smallest absolute Gasteiger partial charge is 0.151 e. The van der Waals surface area contributed by atoms with Gasteiger partial charge in [0.05, 0.1) is 12.5 Å². The number of ketones is 1. The molecule has 1 aromatic heterocycles. The van der Waals surface area contributed by atoms with Crippen molar-refractivity contribution in [2.45, 2.75) is 12.8 Å². The number of carbonyl (C=O) groups excluding carboxylic acids is 1. The lowest BCUT2D eigenvalue weighted by Crippen LogP contribution is -2.00. The average Bonchev–Trinajstić information content (AvgIpc) is 2.06. The Morgan fingerprint density at radius 2 is 2.17 bits per heavy atom. The highest BCUT2D eigenvalue weighted by atomic mass is 16.1. The number of nitriles is 1. The molecule has 0 atom stereocenters. The molecule has 0 saturated carbocycles. The third-order valence-electron chi connectivity index (χ3n) is 1.43. The zero-order valence-electron chi connectivity index (χ0n) is 6.53. The fraction of sp³-hybridized carbons (Fsp3) is 0.222. The van der Waals surface area contributed by atoms with Gasteiger partial charge in [-0.1, -0.05) is 0 Å². The molecule has 0 N–H and O–H groups in total. The van der Waals surface area contributed by atoms with E-state index >= 15 is 0 Å². The number of pyridine rings is 1. The van der Waals surface area contributed by atoms with E-state index in [-0.39, 0.29) is 12.2 Å². The van der Waals surface area contributed by atoms with Crippen molar-refractivity contribution in [3.8, 4) is 6.07 Å². The van der Waals surface area contributed by atoms with Crippen molar-refractivity contribution in [1.29, 1.82) is 5.26 Å². The van der Waals surface area contributed by atoms with Crippen LogP contribution in [0.1, 0.15) is 12.0 Å². The molecule has 0 unspecified atom stereocenters. The van der Waals surface area contributed by atoms with Gasteiger partial charge in [0.2, 0.25) is 0 Å². The Morgan fingerprint density at radius 3 is 2.75 bits per heavy atom. The number of hydrogen-bond acceptors (Lipinski definition) is 3. The maximum absolute atomic E-state index is 11.0. The first-order valence-corrected chi connectivity index (χ1v) is 3.60. The van der Waals surface area contributed by atoms with Gasteiger partial charge in [0.15, 0.2) is 5.78 Å². The molecule has 0 aromatic carbocycles. The molecule has 0 radical (unpaired) electrons. The Labute approximate surface area is 70.7 Å². The van der Waals surface area contributed by atoms with Crippen molar-refractivity contribution in [3.05, 3.63) is 30.1 Å². The van der Waals surface area contributed by atoms with E-state index in [0.717, 1.165) is 5.56 Å². The number of aromatic nitrogens is 1. The first-order chi connectivity index (χ1) is 5.83. The van der Waals surface area contributed by atoms with E-state index in [1.807, 2.05) is 6.07 Å². The van der Waals surface area contributed by atoms with Crippen LogP contribution in [0.5, 0.6) is 0 Å². The number of nitrogens with zero attached hydrogens (tertiary/aromatic N) is 2. The molecular weight excluding hydrogens is 152 g/mol. The van der Waals surface area contributed by atoms with Crippen LogP contribution < -0.4 is 0 Å². The fourth-order valence-electron chi connectivity index (χ4n) is 0.879. The summed E-state index contributed by atoms with van der Waals surface area (Å²) in [5.74, 6) is -0.0521. The normalized spacial score (nSPS) is 8.92. The van der Waals surface area contributed by atoms with Crippen LogP contribution in [-0.4, -0.2) is 10.8 Å². The molecule has 3 nitrogen and oxygen atoms in total. The Morgan fingerprint density at radius 1 is 1.50 bits per heavy atom. The summed E-state index contributed by atoms with van der Waals surface area (Å²) in [5.41, 5.74) is 0.908. The molecule has 12 heavy (non-hydrogen) atoms. The molecule has 1 rings (SSSR count). The molecular formula is C9H8N2O. The second-order valence-corrected chi connectivity index (χ2v) is 2.41. The number of hydrogen-bond donors (Lipinski definition) is 0. The molecule has 0 aliphatic rings. The summed E-state index contributed by atoms with van der Waals surface area (Å²) in [7, 11) is 0. The Balaban J connectivity index is 2.54. The summed E-state index contributed by atoms with van der Waals surface area (Å²) >= 11 is 0. The largest absolute Gasteiger partial charge is 0.298 e. The zero-order chi connectivity index (χ0) is 8.81. The first-order valence-electron chi connectivity index (χ1n) is 3.60. The van der Waals surface area contributed by atoms with E-state index in [1.165, 1.54) is 0 Å². The predicted molar refractivity (Wildman–Crippen MR) is 43.2 cm³/mol. The summed E-state index contributed by atoms with van der Waals surface area (Å²) in [5, 5.41) is 8.23. The lowest BCUT2D eigenvalue weighted by Gasteiger charge is -1.95. The number of Topliss-reactive ketones (excluding diaryl/α,β-unsaturated/α-hetero) is 1. The van der Waals surface area contributed by atoms with Gasteiger partial charge in [-0.15, -0.1) is 0 Å². The lowest BCUT2D eigenvalue weighted by molar-refractivity contribution is -0.117. The van der Waals surface area contributed by atoms with Gasteiger partial charge >= 0.3 is 0 Å². The van der Waals surface area contributed by atoms with Crippen LogP contribution in [0.4, 0.5) is 0 Å². The van der Waals surface area contributed by atoms with Gasteiger partial charge in [-0.25, -0.2) is 0 Å². The minimum absolute atomic E-state index is 0.0116. The van der Waals surface area contributed by atoms with Crippen LogP contribution in [0.15, 0.2) is 24.5 Å². The van der Waals surface area contributed by atoms with E-state index in [1.54, 1.807) is 24.5 Å². The molecule has 0 aliphatic carbocycles. The van der Waals surface area contributed by atoms with Gasteiger partial charge in [-0.2, -0.15) is 5.26 Å². The Bertz CT molecular complexity index is 300. The highest BCUT2D eigenvalue weighted by molar-refractivity contribution is 5.82. The van der Waals surface area contributed by atoms with E-state index < -0.39 is 0 Å². The number of rotatable bonds is 3. The van der Waals surface area contributed by atoms with Gasteiger partial charge in [-0.05, 0) is 17.7 Å². The number of carbonyl (C=O) groups is 1. The molecule has 0 fully saturated rings. The van der Waals surface area contributed by atoms with Gasteiger partial charge in [-0.3, -0.25) is 9.78 Å². The second-order valence-electron chi connectivity index (χ2n) is 2.41. The molecule has 0 amide bonds. The van der Waals surface area contributed by atoms with Crippen LogP contribution in [0, 0.1) is 11.3 Å². The summed E-state index contributed by atoms with van der Waals surface area (Å²) in [6.07, 6.45) is 3.59. The van der Waals surface area contributed by atoms with E-state index in [0.29, 0.717) is 6.42 Å². The molecule has 60 valence electrons. The topological polar surface area (TPSA) is 53.8 Å². The van der Waals surface area contributed by atoms with Crippen molar-refractivity contribution >= 4 is 5.78 Å². The van der Waals surface area contributed by atoms with Crippen molar-refractivity contribution in [2.24, 2.45) is 0 Å². The minimum Gasteiger partial charge on any atom is -0.298 e. The molecule has 0 saturated heterocycles. The summed E-state index contributed by atoms with van der Waals surface area (Å²) in [6.45, 7) is 0. The zero-order valence-corrected chi connectivity index (χ0v) is 6.53. The van der Waals surface area contributed by atoms with Crippen LogP contribution in [0.3, 0.4) is 0 Å². The fourth-order valence-corrected chi connectivity index (χ4v) is 0.879. The molecule has 0 aliphatic heterocycles. The molecule has 1 heterocycles. The maximum Gasteiger partial charge on any atom is 0.151 e. The molecule has 0 bridgehead atoms. The Hall–Kier alpha value is -1.69. The SMILES string of the molecule is N#CCC(=O)Cc1ccncc1. The van der Waals surface area contributed by atoms with Crippen LogP contribution >= 0.6 is 0 Å².